The number of nitrogens with zero attached hydrogens (tertiary/aromatic N) is 3. The molecule has 96 valence electrons. The van der Waals surface area contributed by atoms with Crippen molar-refractivity contribution in [2.45, 2.75) is 19.4 Å². The first-order chi connectivity index (χ1) is 8.69. The van der Waals surface area contributed by atoms with E-state index in [1.807, 2.05) is 6.20 Å². The van der Waals surface area contributed by atoms with Gasteiger partial charge in [-0.25, -0.2) is 9.07 Å². The van der Waals surface area contributed by atoms with Crippen molar-refractivity contribution in [2.75, 3.05) is 5.88 Å². The topological polar surface area (TPSA) is 30.7 Å². The molecular formula is C12H12Cl2FN3. The van der Waals surface area contributed by atoms with Crippen LogP contribution < -0.4 is 0 Å². The fraction of sp³-hybridized carbons (Fsp3) is 0.333. The number of halogens is 3. The summed E-state index contributed by atoms with van der Waals surface area (Å²) in [4.78, 5) is 0. The van der Waals surface area contributed by atoms with Gasteiger partial charge in [0.2, 0.25) is 0 Å². The van der Waals surface area contributed by atoms with Crippen LogP contribution >= 0.6 is 23.2 Å². The molecule has 0 unspecified atom stereocenters. The molecule has 2 rings (SSSR count). The Morgan fingerprint density at radius 2 is 2.17 bits per heavy atom. The van der Waals surface area contributed by atoms with Gasteiger partial charge in [-0.15, -0.1) is 16.7 Å². The van der Waals surface area contributed by atoms with E-state index in [9.17, 15) is 4.39 Å². The summed E-state index contributed by atoms with van der Waals surface area (Å²) >= 11 is 11.6. The number of alkyl halides is 1. The lowest BCUT2D eigenvalue weighted by atomic mass is 10.2. The van der Waals surface area contributed by atoms with Crippen molar-refractivity contribution in [1.29, 1.82) is 0 Å². The highest BCUT2D eigenvalue weighted by Gasteiger charge is 2.05. The summed E-state index contributed by atoms with van der Waals surface area (Å²) in [6.07, 6.45) is 3.53. The van der Waals surface area contributed by atoms with Gasteiger partial charge in [-0.05, 0) is 30.5 Å². The second-order valence-corrected chi connectivity index (χ2v) is 4.72. The predicted octanol–water partition coefficient (Wildman–Crippen LogP) is 3.29. The Hall–Kier alpha value is -1.13. The van der Waals surface area contributed by atoms with E-state index in [-0.39, 0.29) is 5.82 Å². The molecule has 0 aliphatic carbocycles. The Labute approximate surface area is 115 Å². The first-order valence-electron chi connectivity index (χ1n) is 5.58. The first-order valence-corrected chi connectivity index (χ1v) is 6.49. The second kappa shape index (κ2) is 6.16. The summed E-state index contributed by atoms with van der Waals surface area (Å²) in [5.41, 5.74) is 1.71. The third kappa shape index (κ3) is 3.43. The molecule has 6 heteroatoms. The molecule has 0 saturated carbocycles. The summed E-state index contributed by atoms with van der Waals surface area (Å²) in [5.74, 6) is 0.265. The molecule has 3 nitrogen and oxygen atoms in total. The fourth-order valence-electron chi connectivity index (χ4n) is 1.60. The summed E-state index contributed by atoms with van der Waals surface area (Å²) in [6.45, 7) is 0.479. The van der Waals surface area contributed by atoms with Gasteiger partial charge in [-0.1, -0.05) is 22.9 Å². The number of rotatable bonds is 5. The Morgan fingerprint density at radius 1 is 1.33 bits per heavy atom. The Kier molecular flexibility index (Phi) is 4.55. The lowest BCUT2D eigenvalue weighted by Crippen LogP contribution is -2.01. The van der Waals surface area contributed by atoms with Gasteiger partial charge in [-0.3, -0.25) is 0 Å². The number of benzene rings is 1. The largest absolute Gasteiger partial charge is 0.248 e. The zero-order chi connectivity index (χ0) is 13.0. The molecule has 0 amide bonds. The second-order valence-electron chi connectivity index (χ2n) is 3.94. The number of hydrogen-bond acceptors (Lipinski definition) is 2. The van der Waals surface area contributed by atoms with Gasteiger partial charge in [0, 0.05) is 17.1 Å². The third-order valence-electron chi connectivity index (χ3n) is 2.50. The maximum Gasteiger partial charge on any atom is 0.124 e. The van der Waals surface area contributed by atoms with E-state index in [2.05, 4.69) is 10.3 Å². The monoisotopic (exact) mass is 287 g/mol. The number of aryl methyl sites for hydroxylation is 1. The van der Waals surface area contributed by atoms with Crippen LogP contribution in [0.5, 0.6) is 0 Å². The average molecular weight is 288 g/mol. The molecule has 0 atom stereocenters. The molecule has 0 spiro atoms. The Bertz CT molecular complexity index is 528. The van der Waals surface area contributed by atoms with Crippen molar-refractivity contribution in [3.8, 4) is 0 Å². The summed E-state index contributed by atoms with van der Waals surface area (Å²) < 4.78 is 14.6. The van der Waals surface area contributed by atoms with Crippen LogP contribution in [0.15, 0.2) is 24.4 Å². The van der Waals surface area contributed by atoms with Crippen LogP contribution in [0.25, 0.3) is 0 Å². The molecule has 1 heterocycles. The van der Waals surface area contributed by atoms with Crippen LogP contribution in [-0.4, -0.2) is 20.9 Å². The van der Waals surface area contributed by atoms with Gasteiger partial charge < -0.3 is 0 Å². The number of aromatic nitrogens is 3. The minimum atomic E-state index is -0.342. The van der Waals surface area contributed by atoms with Crippen LogP contribution in [0.4, 0.5) is 4.39 Å². The van der Waals surface area contributed by atoms with Gasteiger partial charge in [0.1, 0.15) is 5.82 Å². The highest BCUT2D eigenvalue weighted by Crippen LogP contribution is 2.18. The van der Waals surface area contributed by atoms with Crippen molar-refractivity contribution in [3.63, 3.8) is 0 Å². The molecule has 18 heavy (non-hydrogen) atoms. The van der Waals surface area contributed by atoms with E-state index in [1.54, 1.807) is 10.7 Å². The molecule has 0 bridgehead atoms. The maximum absolute atomic E-state index is 12.9. The molecule has 1 aromatic heterocycles. The van der Waals surface area contributed by atoms with Crippen molar-refractivity contribution < 1.29 is 4.39 Å². The lowest BCUT2D eigenvalue weighted by Gasteiger charge is -2.03. The molecule has 0 radical (unpaired) electrons. The fourth-order valence-corrected chi connectivity index (χ4v) is 1.96. The van der Waals surface area contributed by atoms with Gasteiger partial charge in [0.15, 0.2) is 0 Å². The molecule has 0 aliphatic heterocycles. The maximum atomic E-state index is 12.9. The highest BCUT2D eigenvalue weighted by molar-refractivity contribution is 6.31. The van der Waals surface area contributed by atoms with E-state index in [0.29, 0.717) is 17.4 Å². The van der Waals surface area contributed by atoms with E-state index >= 15 is 0 Å². The summed E-state index contributed by atoms with van der Waals surface area (Å²) in [5, 5.41) is 8.43. The van der Waals surface area contributed by atoms with Crippen LogP contribution in [0.2, 0.25) is 5.02 Å². The summed E-state index contributed by atoms with van der Waals surface area (Å²) in [7, 11) is 0. The van der Waals surface area contributed by atoms with E-state index < -0.39 is 0 Å². The molecule has 0 saturated heterocycles. The average Bonchev–Trinajstić information content (AvgIpc) is 2.78. The Morgan fingerprint density at radius 3 is 2.89 bits per heavy atom. The molecule has 0 aliphatic rings. The van der Waals surface area contributed by atoms with Crippen LogP contribution in [0, 0.1) is 5.82 Å². The molecule has 1 aromatic carbocycles. The first kappa shape index (κ1) is 13.3. The lowest BCUT2D eigenvalue weighted by molar-refractivity contribution is 0.621. The van der Waals surface area contributed by atoms with Gasteiger partial charge >= 0.3 is 0 Å². The molecule has 2 aromatic rings. The molecular weight excluding hydrogens is 276 g/mol. The predicted molar refractivity (Wildman–Crippen MR) is 69.6 cm³/mol. The van der Waals surface area contributed by atoms with Gasteiger partial charge in [0.05, 0.1) is 12.2 Å². The quantitative estimate of drug-likeness (QED) is 0.790. The van der Waals surface area contributed by atoms with Crippen LogP contribution in [0.3, 0.4) is 0 Å². The minimum Gasteiger partial charge on any atom is -0.248 e. The van der Waals surface area contributed by atoms with E-state index in [4.69, 9.17) is 23.2 Å². The smallest absolute Gasteiger partial charge is 0.124 e. The minimum absolute atomic E-state index is 0.342. The number of hydrogen-bond donors (Lipinski definition) is 0. The van der Waals surface area contributed by atoms with Gasteiger partial charge in [0.25, 0.3) is 0 Å². The zero-order valence-corrected chi connectivity index (χ0v) is 11.1. The summed E-state index contributed by atoms with van der Waals surface area (Å²) in [6, 6.07) is 4.33. The van der Waals surface area contributed by atoms with Gasteiger partial charge in [-0.2, -0.15) is 0 Å². The zero-order valence-electron chi connectivity index (χ0n) is 9.61. The highest BCUT2D eigenvalue weighted by atomic mass is 35.5. The van der Waals surface area contributed by atoms with E-state index in [0.717, 1.165) is 24.1 Å². The SMILES string of the molecule is Fc1ccc(Cn2cc(CCCCl)nn2)c(Cl)c1. The van der Waals surface area contributed by atoms with Crippen molar-refractivity contribution in [1.82, 2.24) is 15.0 Å². The molecule has 0 fully saturated rings. The van der Waals surface area contributed by atoms with Crippen molar-refractivity contribution in [3.05, 3.63) is 46.5 Å². The Balaban J connectivity index is 2.06. The van der Waals surface area contributed by atoms with Crippen molar-refractivity contribution in [2.24, 2.45) is 0 Å². The normalized spacial score (nSPS) is 10.8. The standard InChI is InChI=1S/C12H12Cl2FN3/c13-5-1-2-11-8-18(17-16-11)7-9-3-4-10(15)6-12(9)14/h3-4,6,8H,1-2,5,7H2. The van der Waals surface area contributed by atoms with E-state index in [1.165, 1.54) is 12.1 Å². The van der Waals surface area contributed by atoms with Crippen LogP contribution in [-0.2, 0) is 13.0 Å². The third-order valence-corrected chi connectivity index (χ3v) is 3.12. The molecule has 0 N–H and O–H groups in total. The van der Waals surface area contributed by atoms with Crippen LogP contribution in [0.1, 0.15) is 17.7 Å². The van der Waals surface area contributed by atoms with Crippen molar-refractivity contribution >= 4 is 23.2 Å².